The Hall–Kier alpha value is 0.371. The summed E-state index contributed by atoms with van der Waals surface area (Å²) in [5.74, 6) is 0. The third-order valence-electron chi connectivity index (χ3n) is 4.64. The maximum absolute atomic E-state index is 2.38. The Kier molecular flexibility index (Phi) is 17.4. The van der Waals surface area contributed by atoms with Crippen LogP contribution in [0.15, 0.2) is 24.3 Å². The van der Waals surface area contributed by atoms with Gasteiger partial charge in [-0.3, -0.25) is 0 Å². The molecule has 0 spiro atoms. The van der Waals surface area contributed by atoms with Gasteiger partial charge in [0.1, 0.15) is 0 Å². The Morgan fingerprint density at radius 1 is 0.880 bits per heavy atom. The zero-order chi connectivity index (χ0) is 15.4. The molecule has 2 aromatic rings. The number of halogens is 3. The Labute approximate surface area is 190 Å². The minimum Gasteiger partial charge on any atom is -1.00 e. The molecule has 0 N–H and O–H groups in total. The van der Waals surface area contributed by atoms with Crippen LogP contribution in [-0.4, -0.2) is 9.52 Å². The summed E-state index contributed by atoms with van der Waals surface area (Å²) in [5.41, 5.74) is 7.54. The zero-order valence-corrected chi connectivity index (χ0v) is 21.2. The topological polar surface area (TPSA) is 0 Å². The second-order valence-corrected chi connectivity index (χ2v) is 8.30. The summed E-state index contributed by atoms with van der Waals surface area (Å²) >= 11 is 0. The Morgan fingerprint density at radius 3 is 1.96 bits per heavy atom. The summed E-state index contributed by atoms with van der Waals surface area (Å²) in [6.07, 6.45) is 5.28. The number of rotatable bonds is 6. The molecule has 0 aromatic heterocycles. The molecule has 0 aliphatic rings. The molecule has 0 bridgehead atoms. The van der Waals surface area contributed by atoms with Crippen LogP contribution in [0.4, 0.5) is 0 Å². The molecule has 2 rings (SSSR count). The van der Waals surface area contributed by atoms with E-state index in [9.17, 15) is 0 Å². The SMILES string of the molecule is CCCCC[c-]1ccc(C)c1[SiH2]c1c(C)cc(C)cc1C.[Cl-].[Cl-].[Cl-].[Ti+4]. The molecule has 0 atom stereocenters. The van der Waals surface area contributed by atoms with Crippen LogP contribution in [0.5, 0.6) is 0 Å². The largest absolute Gasteiger partial charge is 4.00 e. The molecular weight excluding hydrogens is 423 g/mol. The number of unbranched alkanes of at least 4 members (excludes halogenated alkanes) is 2. The van der Waals surface area contributed by atoms with E-state index in [2.05, 4.69) is 58.9 Å². The molecule has 0 amide bonds. The van der Waals surface area contributed by atoms with Gasteiger partial charge in [-0.25, -0.2) is 11.6 Å². The van der Waals surface area contributed by atoms with Crippen LogP contribution in [0.25, 0.3) is 0 Å². The van der Waals surface area contributed by atoms with Gasteiger partial charge >= 0.3 is 21.7 Å². The van der Waals surface area contributed by atoms with Crippen molar-refractivity contribution in [2.45, 2.75) is 60.3 Å². The van der Waals surface area contributed by atoms with Gasteiger partial charge in [0.05, 0.1) is 9.52 Å². The zero-order valence-electron chi connectivity index (χ0n) is 16.0. The molecule has 5 heteroatoms. The van der Waals surface area contributed by atoms with E-state index in [1.165, 1.54) is 47.9 Å². The van der Waals surface area contributed by atoms with Crippen LogP contribution in [0.3, 0.4) is 0 Å². The monoisotopic (exact) mass is 450 g/mol. The van der Waals surface area contributed by atoms with E-state index < -0.39 is 0 Å². The summed E-state index contributed by atoms with van der Waals surface area (Å²) in [6.45, 7) is 11.4. The molecule has 0 nitrogen and oxygen atoms in total. The van der Waals surface area contributed by atoms with Crippen molar-refractivity contribution in [3.05, 3.63) is 52.1 Å². The molecule has 0 saturated carbocycles. The normalized spacial score (nSPS) is 9.80. The molecule has 25 heavy (non-hydrogen) atoms. The minimum absolute atomic E-state index is 0. The van der Waals surface area contributed by atoms with Crippen LogP contribution in [-0.2, 0) is 28.1 Å². The predicted octanol–water partition coefficient (Wildman–Crippen LogP) is -5.50. The molecule has 2 aromatic carbocycles. The first-order valence-corrected chi connectivity index (χ1v) is 9.75. The van der Waals surface area contributed by atoms with E-state index in [1.54, 1.807) is 15.9 Å². The number of benzene rings is 1. The van der Waals surface area contributed by atoms with E-state index in [1.807, 2.05) is 0 Å². The first-order valence-electron chi connectivity index (χ1n) is 8.33. The van der Waals surface area contributed by atoms with E-state index in [4.69, 9.17) is 0 Å². The van der Waals surface area contributed by atoms with Crippen molar-refractivity contribution in [3.63, 3.8) is 0 Å². The first kappa shape index (κ1) is 30.1. The molecule has 0 aliphatic heterocycles. The van der Waals surface area contributed by atoms with Gasteiger partial charge in [0.15, 0.2) is 0 Å². The van der Waals surface area contributed by atoms with Crippen LogP contribution < -0.4 is 47.6 Å². The molecule has 0 aliphatic carbocycles. The smallest absolute Gasteiger partial charge is 1.00 e. The Bertz CT molecular complexity index is 600. The van der Waals surface area contributed by atoms with Crippen molar-refractivity contribution < 1.29 is 58.9 Å². The van der Waals surface area contributed by atoms with Gasteiger partial charge in [0.25, 0.3) is 0 Å². The van der Waals surface area contributed by atoms with Gasteiger partial charge in [-0.05, 0) is 20.8 Å². The third kappa shape index (κ3) is 8.28. The van der Waals surface area contributed by atoms with Crippen LogP contribution in [0, 0.1) is 27.7 Å². The third-order valence-corrected chi connectivity index (χ3v) is 7.48. The average Bonchev–Trinajstić information content (AvgIpc) is 2.75. The van der Waals surface area contributed by atoms with E-state index in [0.717, 1.165) is 0 Å². The second kappa shape index (κ2) is 14.4. The van der Waals surface area contributed by atoms with Crippen LogP contribution in [0.2, 0.25) is 0 Å². The molecule has 0 radical (unpaired) electrons. The maximum Gasteiger partial charge on any atom is 4.00 e. The summed E-state index contributed by atoms with van der Waals surface area (Å²) in [4.78, 5) is 0. The second-order valence-electron chi connectivity index (χ2n) is 6.53. The fraction of sp³-hybridized carbons (Fsp3) is 0.450. The molecule has 0 fully saturated rings. The van der Waals surface area contributed by atoms with Crippen molar-refractivity contribution in [3.8, 4) is 0 Å². The first-order chi connectivity index (χ1) is 10.0. The quantitative estimate of drug-likeness (QED) is 0.234. The van der Waals surface area contributed by atoms with E-state index in [0.29, 0.717) is 0 Å². The molecular formula is C20H29Cl3SiTi. The minimum atomic E-state index is -0.358. The van der Waals surface area contributed by atoms with Crippen LogP contribution >= 0.6 is 0 Å². The summed E-state index contributed by atoms with van der Waals surface area (Å²) in [7, 11) is -0.358. The van der Waals surface area contributed by atoms with Gasteiger partial charge < -0.3 is 37.2 Å². The van der Waals surface area contributed by atoms with Gasteiger partial charge in [-0.1, -0.05) is 73.5 Å². The number of aryl methyl sites for hydroxylation is 5. The van der Waals surface area contributed by atoms with E-state index in [-0.39, 0.29) is 68.5 Å². The maximum atomic E-state index is 2.38. The fourth-order valence-electron chi connectivity index (χ4n) is 3.40. The van der Waals surface area contributed by atoms with Gasteiger partial charge in [-0.2, -0.15) is 16.8 Å². The van der Waals surface area contributed by atoms with Crippen LogP contribution in [0.1, 0.15) is 54.0 Å². The Morgan fingerprint density at radius 2 is 1.44 bits per heavy atom. The van der Waals surface area contributed by atoms with Gasteiger partial charge in [0, 0.05) is 0 Å². The molecule has 138 valence electrons. The standard InChI is InChI=1S/C20H29Si.3ClH.Ti/c1-6-7-8-9-18-11-10-15(3)20(18)21-19-16(4)12-14(2)13-17(19)5;;;;/h10-13H,6-9,21H2,1-5H3;3*1H;/q-1;;;;+4/p-3. The molecule has 0 unspecified atom stereocenters. The van der Waals surface area contributed by atoms with Crippen molar-refractivity contribution in [2.24, 2.45) is 0 Å². The van der Waals surface area contributed by atoms with Crippen molar-refractivity contribution in [1.82, 2.24) is 0 Å². The fourth-order valence-corrected chi connectivity index (χ4v) is 5.43. The average molecular weight is 452 g/mol. The summed E-state index contributed by atoms with van der Waals surface area (Å²) in [5, 5.41) is 3.37. The Balaban J connectivity index is -0.00000121. The molecule has 0 saturated heterocycles. The molecule has 0 heterocycles. The summed E-state index contributed by atoms with van der Waals surface area (Å²) < 4.78 is 0. The predicted molar refractivity (Wildman–Crippen MR) is 98.5 cm³/mol. The van der Waals surface area contributed by atoms with Gasteiger partial charge in [0.2, 0.25) is 0 Å². The van der Waals surface area contributed by atoms with E-state index >= 15 is 0 Å². The van der Waals surface area contributed by atoms with Gasteiger partial charge in [-0.15, -0.1) is 0 Å². The van der Waals surface area contributed by atoms with Crippen molar-refractivity contribution in [2.75, 3.05) is 0 Å². The number of hydrogen-bond acceptors (Lipinski definition) is 0. The number of hydrogen-bond donors (Lipinski definition) is 0. The van der Waals surface area contributed by atoms with Crippen molar-refractivity contribution in [1.29, 1.82) is 0 Å². The van der Waals surface area contributed by atoms with Crippen molar-refractivity contribution >= 4 is 19.9 Å². The summed E-state index contributed by atoms with van der Waals surface area (Å²) in [6, 6.07) is 9.42.